The van der Waals surface area contributed by atoms with Gasteiger partial charge in [-0.2, -0.15) is 0 Å². The summed E-state index contributed by atoms with van der Waals surface area (Å²) >= 11 is 0. The first kappa shape index (κ1) is 34.6. The lowest BCUT2D eigenvalue weighted by atomic mass is 10.0. The molecule has 3 N–H and O–H groups in total. The van der Waals surface area contributed by atoms with Crippen molar-refractivity contribution in [3.63, 3.8) is 0 Å². The minimum atomic E-state index is -0.937. The van der Waals surface area contributed by atoms with Crippen LogP contribution in [0, 0.1) is 18.6 Å². The van der Waals surface area contributed by atoms with E-state index in [9.17, 15) is 23.2 Å². The third-order valence-corrected chi connectivity index (χ3v) is 8.09. The molecule has 9 nitrogen and oxygen atoms in total. The summed E-state index contributed by atoms with van der Waals surface area (Å²) < 4.78 is 35.6. The first-order valence-corrected chi connectivity index (χ1v) is 16.0. The number of esters is 1. The molecule has 2 aromatic carbocycles. The maximum atomic E-state index is 13.9. The lowest BCUT2D eigenvalue weighted by Crippen LogP contribution is -2.44. The number of anilines is 1. The topological polar surface area (TPSA) is 110 Å². The Hall–Kier alpha value is -4.25. The van der Waals surface area contributed by atoms with Crippen molar-refractivity contribution in [2.24, 2.45) is 12.8 Å². The van der Waals surface area contributed by atoms with Crippen LogP contribution < -0.4 is 11.1 Å². The van der Waals surface area contributed by atoms with E-state index in [0.717, 1.165) is 50.4 Å². The fourth-order valence-electron chi connectivity index (χ4n) is 5.85. The SMILES string of the molecule is CCCN(CCC)C(=O)c1cc(C)cc(C(=O)O[C@H](CNc2cc(C(=O)N3CCCC3)n(C)c2)[C@@H](N)Cc2cc(F)cc(F)c2)c1. The maximum Gasteiger partial charge on any atom is 0.338 e. The third kappa shape index (κ3) is 8.93. The Bertz CT molecular complexity index is 1510. The highest BCUT2D eigenvalue weighted by molar-refractivity contribution is 5.98. The van der Waals surface area contributed by atoms with Gasteiger partial charge in [-0.3, -0.25) is 9.59 Å². The van der Waals surface area contributed by atoms with Gasteiger partial charge in [-0.25, -0.2) is 13.6 Å². The summed E-state index contributed by atoms with van der Waals surface area (Å²) in [6.45, 7) is 8.53. The molecule has 1 aromatic heterocycles. The Balaban J connectivity index is 1.55. The molecule has 4 rings (SSSR count). The van der Waals surface area contributed by atoms with Gasteiger partial charge in [0.25, 0.3) is 11.8 Å². The Morgan fingerprint density at radius 2 is 1.59 bits per heavy atom. The summed E-state index contributed by atoms with van der Waals surface area (Å²) in [5.41, 5.74) is 9.31. The van der Waals surface area contributed by atoms with Gasteiger partial charge in [0.2, 0.25) is 0 Å². The number of ether oxygens (including phenoxy) is 1. The summed E-state index contributed by atoms with van der Waals surface area (Å²) in [7, 11) is 1.79. The Kier molecular flexibility index (Phi) is 11.9. The minimum absolute atomic E-state index is 0.0301. The van der Waals surface area contributed by atoms with Gasteiger partial charge < -0.3 is 30.2 Å². The van der Waals surface area contributed by atoms with E-state index in [0.29, 0.717) is 35.6 Å². The number of rotatable bonds is 14. The standard InChI is InChI=1S/C35H45F2N5O4/c1-5-9-41(10-6-2)33(43)25-13-23(3)14-26(18-25)35(45)46-32(30(38)17-24-15-27(36)19-28(37)16-24)21-39-29-20-31(40(4)22-29)34(44)42-11-7-8-12-42/h13-16,18-20,22,30,32,39H,5-12,17,21,38H2,1-4H3/t30-,32+/m0/s1. The van der Waals surface area contributed by atoms with Crippen LogP contribution in [0.15, 0.2) is 48.7 Å². The van der Waals surface area contributed by atoms with E-state index in [1.165, 1.54) is 18.2 Å². The van der Waals surface area contributed by atoms with Crippen molar-refractivity contribution in [1.29, 1.82) is 0 Å². The molecule has 1 aliphatic rings. The zero-order valence-corrected chi connectivity index (χ0v) is 27.2. The van der Waals surface area contributed by atoms with E-state index in [1.54, 1.807) is 47.8 Å². The average molecular weight is 638 g/mol. The summed E-state index contributed by atoms with van der Waals surface area (Å²) in [5.74, 6) is -2.35. The first-order valence-electron chi connectivity index (χ1n) is 16.0. The van der Waals surface area contributed by atoms with Gasteiger partial charge in [0.1, 0.15) is 23.4 Å². The normalized spacial score (nSPS) is 14.2. The predicted octanol–water partition coefficient (Wildman–Crippen LogP) is 5.32. The number of nitrogens with zero attached hydrogens (tertiary/aromatic N) is 3. The minimum Gasteiger partial charge on any atom is -0.455 e. The molecule has 0 spiro atoms. The van der Waals surface area contributed by atoms with E-state index in [2.05, 4.69) is 5.32 Å². The summed E-state index contributed by atoms with van der Waals surface area (Å²) in [5, 5.41) is 3.22. The largest absolute Gasteiger partial charge is 0.455 e. The number of nitrogens with one attached hydrogen (secondary N) is 1. The second-order valence-electron chi connectivity index (χ2n) is 12.1. The number of amides is 2. The number of benzene rings is 2. The molecule has 0 unspecified atom stereocenters. The number of halogens is 2. The molecule has 1 fully saturated rings. The van der Waals surface area contributed by atoms with Gasteiger partial charge in [0, 0.05) is 57.1 Å². The molecule has 46 heavy (non-hydrogen) atoms. The van der Waals surface area contributed by atoms with Crippen LogP contribution in [-0.2, 0) is 18.2 Å². The molecule has 1 saturated heterocycles. The molecule has 2 heterocycles. The number of hydrogen-bond donors (Lipinski definition) is 2. The highest BCUT2D eigenvalue weighted by atomic mass is 19.1. The highest BCUT2D eigenvalue weighted by Crippen LogP contribution is 2.20. The van der Waals surface area contributed by atoms with Crippen molar-refractivity contribution in [2.45, 2.75) is 65.0 Å². The smallest absolute Gasteiger partial charge is 0.338 e. The van der Waals surface area contributed by atoms with Crippen molar-refractivity contribution >= 4 is 23.5 Å². The lowest BCUT2D eigenvalue weighted by Gasteiger charge is -2.25. The van der Waals surface area contributed by atoms with E-state index in [1.807, 2.05) is 18.7 Å². The second-order valence-corrected chi connectivity index (χ2v) is 12.1. The van der Waals surface area contributed by atoms with E-state index in [-0.39, 0.29) is 30.3 Å². The summed E-state index contributed by atoms with van der Waals surface area (Å²) in [6, 6.07) is 8.99. The Morgan fingerprint density at radius 3 is 2.22 bits per heavy atom. The molecular formula is C35H45F2N5O4. The highest BCUT2D eigenvalue weighted by Gasteiger charge is 2.27. The Morgan fingerprint density at radius 1 is 0.957 bits per heavy atom. The molecule has 0 bridgehead atoms. The number of likely N-dealkylation sites (tertiary alicyclic amines) is 1. The monoisotopic (exact) mass is 637 g/mol. The van der Waals surface area contributed by atoms with Crippen molar-refractivity contribution in [2.75, 3.05) is 38.0 Å². The van der Waals surface area contributed by atoms with Gasteiger partial charge in [-0.15, -0.1) is 0 Å². The maximum absolute atomic E-state index is 13.9. The molecule has 0 aliphatic carbocycles. The zero-order chi connectivity index (χ0) is 33.4. The number of aromatic nitrogens is 1. The fourth-order valence-corrected chi connectivity index (χ4v) is 5.85. The number of hydrogen-bond acceptors (Lipinski definition) is 6. The molecule has 0 radical (unpaired) electrons. The molecule has 0 saturated carbocycles. The van der Waals surface area contributed by atoms with Crippen LogP contribution in [0.5, 0.6) is 0 Å². The molecule has 1 aliphatic heterocycles. The molecule has 248 valence electrons. The average Bonchev–Trinajstić information content (AvgIpc) is 3.67. The third-order valence-electron chi connectivity index (χ3n) is 8.09. The van der Waals surface area contributed by atoms with Crippen molar-refractivity contribution in [3.8, 4) is 0 Å². The molecule has 2 amide bonds. The number of carbonyl (C=O) groups is 3. The van der Waals surface area contributed by atoms with Crippen LogP contribution >= 0.6 is 0 Å². The number of nitrogens with two attached hydrogens (primary N) is 1. The molecule has 2 atom stereocenters. The predicted molar refractivity (Wildman–Crippen MR) is 174 cm³/mol. The van der Waals surface area contributed by atoms with E-state index < -0.39 is 29.7 Å². The summed E-state index contributed by atoms with van der Waals surface area (Å²) in [6.07, 6.45) is 4.44. The quantitative estimate of drug-likeness (QED) is 0.232. The Labute approximate surface area is 269 Å². The van der Waals surface area contributed by atoms with Crippen LogP contribution in [0.2, 0.25) is 0 Å². The second kappa shape index (κ2) is 15.8. The van der Waals surface area contributed by atoms with Crippen LogP contribution in [0.25, 0.3) is 0 Å². The van der Waals surface area contributed by atoms with Crippen LogP contribution in [0.3, 0.4) is 0 Å². The van der Waals surface area contributed by atoms with Crippen LogP contribution in [0.1, 0.15) is 81.9 Å². The van der Waals surface area contributed by atoms with Gasteiger partial charge in [-0.1, -0.05) is 13.8 Å². The molecule has 3 aromatic rings. The number of carbonyl (C=O) groups excluding carboxylic acids is 3. The van der Waals surface area contributed by atoms with Gasteiger partial charge in [-0.05, 0) is 86.6 Å². The van der Waals surface area contributed by atoms with Crippen LogP contribution in [0.4, 0.5) is 14.5 Å². The van der Waals surface area contributed by atoms with Gasteiger partial charge in [0.15, 0.2) is 0 Å². The van der Waals surface area contributed by atoms with Gasteiger partial charge >= 0.3 is 5.97 Å². The van der Waals surface area contributed by atoms with Gasteiger partial charge in [0.05, 0.1) is 17.8 Å². The zero-order valence-electron chi connectivity index (χ0n) is 27.2. The van der Waals surface area contributed by atoms with Crippen molar-refractivity contribution < 1.29 is 27.9 Å². The first-order chi connectivity index (χ1) is 22.0. The van der Waals surface area contributed by atoms with E-state index >= 15 is 0 Å². The van der Waals surface area contributed by atoms with Crippen molar-refractivity contribution in [1.82, 2.24) is 14.4 Å². The summed E-state index contributed by atoms with van der Waals surface area (Å²) in [4.78, 5) is 43.5. The number of aryl methyl sites for hydroxylation is 2. The van der Waals surface area contributed by atoms with Crippen LogP contribution in [-0.4, -0.2) is 77.0 Å². The molecular weight excluding hydrogens is 592 g/mol. The lowest BCUT2D eigenvalue weighted by molar-refractivity contribution is 0.0270. The molecule has 11 heteroatoms. The van der Waals surface area contributed by atoms with E-state index in [4.69, 9.17) is 10.5 Å². The fraction of sp³-hybridized carbons (Fsp3) is 0.457. The van der Waals surface area contributed by atoms with Crippen molar-refractivity contribution in [3.05, 3.63) is 88.2 Å².